The summed E-state index contributed by atoms with van der Waals surface area (Å²) in [5.74, 6) is 1.24. The van der Waals surface area contributed by atoms with Crippen molar-refractivity contribution in [2.45, 2.75) is 32.7 Å². The molecule has 2 heteroatoms. The van der Waals surface area contributed by atoms with Gasteiger partial charge in [-0.25, -0.2) is 4.39 Å². The summed E-state index contributed by atoms with van der Waals surface area (Å²) in [6.45, 7) is 4.24. The Morgan fingerprint density at radius 1 is 1.53 bits per heavy atom. The van der Waals surface area contributed by atoms with Crippen LogP contribution in [0.4, 0.5) is 4.39 Å². The lowest BCUT2D eigenvalue weighted by molar-refractivity contribution is 0.555. The summed E-state index contributed by atoms with van der Waals surface area (Å²) in [6.07, 6.45) is 2.04. The highest BCUT2D eigenvalue weighted by Gasteiger charge is 2.37. The minimum Gasteiger partial charge on any atom is -0.327 e. The van der Waals surface area contributed by atoms with Crippen molar-refractivity contribution in [3.63, 3.8) is 0 Å². The first-order valence-electron chi connectivity index (χ1n) is 5.58. The highest BCUT2D eigenvalue weighted by molar-refractivity contribution is 5.27. The predicted octanol–water partition coefficient (Wildman–Crippen LogP) is 2.66. The first kappa shape index (κ1) is 10.6. The summed E-state index contributed by atoms with van der Waals surface area (Å²) in [5.41, 5.74) is 8.29. The second-order valence-corrected chi connectivity index (χ2v) is 4.82. The second-order valence-electron chi connectivity index (χ2n) is 4.82. The number of hydrogen-bond donors (Lipinski definition) is 1. The van der Waals surface area contributed by atoms with Crippen LogP contribution in [0.5, 0.6) is 0 Å². The van der Waals surface area contributed by atoms with Crippen molar-refractivity contribution < 1.29 is 4.39 Å². The minimum absolute atomic E-state index is 0.161. The van der Waals surface area contributed by atoms with Gasteiger partial charge in [0.1, 0.15) is 5.82 Å². The third kappa shape index (κ3) is 2.37. The highest BCUT2D eigenvalue weighted by Crippen LogP contribution is 2.40. The van der Waals surface area contributed by atoms with Gasteiger partial charge in [-0.3, -0.25) is 0 Å². The van der Waals surface area contributed by atoms with E-state index in [0.717, 1.165) is 23.5 Å². The summed E-state index contributed by atoms with van der Waals surface area (Å²) in [7, 11) is 0. The summed E-state index contributed by atoms with van der Waals surface area (Å²) in [6, 6.07) is 5.14. The lowest BCUT2D eigenvalue weighted by Crippen LogP contribution is -2.26. The van der Waals surface area contributed by atoms with Gasteiger partial charge in [-0.05, 0) is 54.9 Å². The Morgan fingerprint density at radius 2 is 2.20 bits per heavy atom. The van der Waals surface area contributed by atoms with Crippen LogP contribution in [0.25, 0.3) is 0 Å². The van der Waals surface area contributed by atoms with Gasteiger partial charge in [0.15, 0.2) is 0 Å². The van der Waals surface area contributed by atoms with Crippen molar-refractivity contribution in [2.75, 3.05) is 0 Å². The molecule has 0 saturated heterocycles. The molecule has 3 unspecified atom stereocenters. The van der Waals surface area contributed by atoms with Crippen LogP contribution in [-0.4, -0.2) is 6.04 Å². The molecule has 1 aliphatic rings. The zero-order valence-electron chi connectivity index (χ0n) is 9.33. The minimum atomic E-state index is -0.161. The quantitative estimate of drug-likeness (QED) is 0.810. The molecule has 1 fully saturated rings. The third-order valence-corrected chi connectivity index (χ3v) is 3.49. The fraction of sp³-hybridized carbons (Fsp3) is 0.538. The van der Waals surface area contributed by atoms with Crippen molar-refractivity contribution in [3.8, 4) is 0 Å². The van der Waals surface area contributed by atoms with Crippen LogP contribution in [0.1, 0.15) is 24.5 Å². The lowest BCUT2D eigenvalue weighted by atomic mass is 9.98. The Balaban J connectivity index is 2.06. The number of benzene rings is 1. The van der Waals surface area contributed by atoms with Crippen molar-refractivity contribution in [1.82, 2.24) is 0 Å². The maximum Gasteiger partial charge on any atom is 0.123 e. The van der Waals surface area contributed by atoms with E-state index in [1.165, 1.54) is 12.5 Å². The smallest absolute Gasteiger partial charge is 0.123 e. The molecule has 1 aromatic carbocycles. The van der Waals surface area contributed by atoms with E-state index in [9.17, 15) is 4.39 Å². The molecule has 0 bridgehead atoms. The van der Waals surface area contributed by atoms with E-state index >= 15 is 0 Å². The molecular formula is C13H18FN. The van der Waals surface area contributed by atoms with Gasteiger partial charge >= 0.3 is 0 Å². The molecule has 1 saturated carbocycles. The number of aryl methyl sites for hydroxylation is 1. The van der Waals surface area contributed by atoms with E-state index in [1.54, 1.807) is 6.07 Å². The van der Waals surface area contributed by atoms with Gasteiger partial charge in [-0.1, -0.05) is 13.0 Å². The van der Waals surface area contributed by atoms with E-state index in [4.69, 9.17) is 5.73 Å². The highest BCUT2D eigenvalue weighted by atomic mass is 19.1. The summed E-state index contributed by atoms with van der Waals surface area (Å²) in [5, 5.41) is 0. The van der Waals surface area contributed by atoms with Crippen LogP contribution >= 0.6 is 0 Å². The normalized spacial score (nSPS) is 26.4. The molecule has 0 aromatic heterocycles. The number of rotatable bonds is 3. The maximum atomic E-state index is 13.1. The summed E-state index contributed by atoms with van der Waals surface area (Å²) < 4.78 is 13.1. The van der Waals surface area contributed by atoms with Gasteiger partial charge in [-0.15, -0.1) is 0 Å². The maximum absolute atomic E-state index is 13.1. The van der Waals surface area contributed by atoms with E-state index in [1.807, 2.05) is 13.0 Å². The fourth-order valence-electron chi connectivity index (χ4n) is 2.21. The zero-order valence-corrected chi connectivity index (χ0v) is 9.33. The average Bonchev–Trinajstić information content (AvgIpc) is 2.89. The molecule has 0 radical (unpaired) electrons. The first-order valence-corrected chi connectivity index (χ1v) is 5.58. The van der Waals surface area contributed by atoms with Crippen molar-refractivity contribution >= 4 is 0 Å². The van der Waals surface area contributed by atoms with Crippen LogP contribution in [0.3, 0.4) is 0 Å². The Labute approximate surface area is 90.5 Å². The number of hydrogen-bond acceptors (Lipinski definition) is 1. The average molecular weight is 207 g/mol. The molecule has 1 nitrogen and oxygen atoms in total. The summed E-state index contributed by atoms with van der Waals surface area (Å²) >= 11 is 0. The second kappa shape index (κ2) is 3.93. The van der Waals surface area contributed by atoms with Gasteiger partial charge in [-0.2, -0.15) is 0 Å². The molecule has 1 aromatic rings. The van der Waals surface area contributed by atoms with Gasteiger partial charge in [0.25, 0.3) is 0 Å². The van der Waals surface area contributed by atoms with E-state index in [-0.39, 0.29) is 11.9 Å². The molecule has 1 aliphatic carbocycles. The Bertz CT molecular complexity index is 362. The van der Waals surface area contributed by atoms with E-state index < -0.39 is 0 Å². The Morgan fingerprint density at radius 3 is 2.80 bits per heavy atom. The molecule has 0 heterocycles. The molecule has 0 aliphatic heterocycles. The van der Waals surface area contributed by atoms with Crippen LogP contribution in [0.15, 0.2) is 18.2 Å². The Hall–Kier alpha value is -0.890. The number of nitrogens with two attached hydrogens (primary N) is 1. The molecule has 2 rings (SSSR count). The van der Waals surface area contributed by atoms with Crippen LogP contribution in [0.2, 0.25) is 0 Å². The summed E-state index contributed by atoms with van der Waals surface area (Å²) in [4.78, 5) is 0. The van der Waals surface area contributed by atoms with E-state index in [2.05, 4.69) is 6.92 Å². The van der Waals surface area contributed by atoms with Crippen LogP contribution in [0, 0.1) is 24.6 Å². The van der Waals surface area contributed by atoms with E-state index in [0.29, 0.717) is 5.92 Å². The molecule has 0 spiro atoms. The Kier molecular flexibility index (Phi) is 2.79. The standard InChI is InChI=1S/C13H18FN/c1-8-3-4-11(14)6-10(8)7-13(15)12-5-9(12)2/h3-4,6,9,12-13H,5,7,15H2,1-2H3. The third-order valence-electron chi connectivity index (χ3n) is 3.49. The van der Waals surface area contributed by atoms with Crippen molar-refractivity contribution in [1.29, 1.82) is 0 Å². The van der Waals surface area contributed by atoms with Crippen molar-refractivity contribution in [2.24, 2.45) is 17.6 Å². The molecule has 82 valence electrons. The first-order chi connectivity index (χ1) is 7.08. The van der Waals surface area contributed by atoms with Crippen molar-refractivity contribution in [3.05, 3.63) is 35.1 Å². The monoisotopic (exact) mass is 207 g/mol. The molecule has 2 N–H and O–H groups in total. The molecule has 3 atom stereocenters. The van der Waals surface area contributed by atoms with Crippen LogP contribution in [-0.2, 0) is 6.42 Å². The van der Waals surface area contributed by atoms with Gasteiger partial charge in [0.2, 0.25) is 0 Å². The SMILES string of the molecule is Cc1ccc(F)cc1CC(N)C1CC1C. The zero-order chi connectivity index (χ0) is 11.0. The topological polar surface area (TPSA) is 26.0 Å². The largest absolute Gasteiger partial charge is 0.327 e. The number of halogens is 1. The van der Waals surface area contributed by atoms with Gasteiger partial charge < -0.3 is 5.73 Å². The van der Waals surface area contributed by atoms with Crippen LogP contribution < -0.4 is 5.73 Å². The van der Waals surface area contributed by atoms with Gasteiger partial charge in [0, 0.05) is 6.04 Å². The molecular weight excluding hydrogens is 189 g/mol. The molecule has 15 heavy (non-hydrogen) atoms. The van der Waals surface area contributed by atoms with Gasteiger partial charge in [0.05, 0.1) is 0 Å². The lowest BCUT2D eigenvalue weighted by Gasteiger charge is -2.13. The molecule has 0 amide bonds. The predicted molar refractivity (Wildman–Crippen MR) is 60.1 cm³/mol. The fourth-order valence-corrected chi connectivity index (χ4v) is 2.21.